The van der Waals surface area contributed by atoms with Gasteiger partial charge in [0, 0.05) is 6.61 Å². The van der Waals surface area contributed by atoms with Crippen molar-refractivity contribution in [3.63, 3.8) is 0 Å². The number of nitrogens with one attached hydrogen (secondary N) is 1. The van der Waals surface area contributed by atoms with Crippen molar-refractivity contribution in [3.05, 3.63) is 0 Å². The normalized spacial score (nSPS) is 21.3. The van der Waals surface area contributed by atoms with E-state index < -0.39 is 0 Å². The highest BCUT2D eigenvalue weighted by Gasteiger charge is 2.18. The van der Waals surface area contributed by atoms with Crippen LogP contribution in [0.5, 0.6) is 0 Å². The molecule has 1 heterocycles. The first-order valence-electron chi connectivity index (χ1n) is 4.36. The van der Waals surface area contributed by atoms with Gasteiger partial charge in [0.2, 0.25) is 5.91 Å². The molecule has 0 aromatic carbocycles. The third kappa shape index (κ3) is 5.09. The van der Waals surface area contributed by atoms with Crippen molar-refractivity contribution in [1.82, 2.24) is 5.32 Å². The number of rotatable bonds is 2. The highest BCUT2D eigenvalue weighted by atomic mass is 16.2. The number of nitrogens with two attached hydrogens (primary N) is 1. The number of hydrogen-bond donors (Lipinski definition) is 3. The quantitative estimate of drug-likeness (QED) is 0.534. The van der Waals surface area contributed by atoms with Gasteiger partial charge in [-0.15, -0.1) is 0 Å². The summed E-state index contributed by atoms with van der Waals surface area (Å²) in [5.41, 5.74) is 5.00. The Morgan fingerprint density at radius 1 is 1.75 bits per heavy atom. The lowest BCUT2D eigenvalue weighted by Gasteiger charge is -2.01. The van der Waals surface area contributed by atoms with Crippen LogP contribution in [0.25, 0.3) is 0 Å². The molecule has 0 unspecified atom stereocenters. The van der Waals surface area contributed by atoms with Crippen LogP contribution in [-0.4, -0.2) is 30.2 Å². The van der Waals surface area contributed by atoms with E-state index in [4.69, 9.17) is 10.8 Å². The molecule has 1 amide bonds. The molecule has 1 aliphatic rings. The lowest BCUT2D eigenvalue weighted by atomic mass is 10.2. The topological polar surface area (TPSA) is 75.3 Å². The van der Waals surface area contributed by atoms with Crippen LogP contribution in [0.1, 0.15) is 26.2 Å². The highest BCUT2D eigenvalue weighted by Crippen LogP contribution is 2.02. The Morgan fingerprint density at radius 3 is 2.50 bits per heavy atom. The minimum absolute atomic E-state index is 0.0463. The molecule has 1 atom stereocenters. The predicted octanol–water partition coefficient (Wildman–Crippen LogP) is -0.388. The lowest BCUT2D eigenvalue weighted by molar-refractivity contribution is -0.119. The van der Waals surface area contributed by atoms with Crippen LogP contribution in [0, 0.1) is 0 Å². The maximum absolute atomic E-state index is 10.4. The second kappa shape index (κ2) is 7.06. The number of carbonyl (C=O) groups excluding carboxylic acids is 1. The van der Waals surface area contributed by atoms with Crippen molar-refractivity contribution in [2.45, 2.75) is 32.2 Å². The second-order valence-electron chi connectivity index (χ2n) is 2.77. The Bertz CT molecular complexity index is 120. The summed E-state index contributed by atoms with van der Waals surface area (Å²) >= 11 is 0. The van der Waals surface area contributed by atoms with E-state index in [0.717, 1.165) is 25.8 Å². The van der Waals surface area contributed by atoms with Crippen LogP contribution >= 0.6 is 0 Å². The fourth-order valence-corrected chi connectivity index (χ4v) is 0.927. The third-order valence-electron chi connectivity index (χ3n) is 1.63. The molecule has 0 saturated carbocycles. The minimum Gasteiger partial charge on any atom is -0.396 e. The molecular formula is C8H18N2O2. The van der Waals surface area contributed by atoms with E-state index >= 15 is 0 Å². The van der Waals surface area contributed by atoms with Crippen molar-refractivity contribution < 1.29 is 9.90 Å². The SMILES string of the molecule is CCCO.NC(=O)[C@@H]1CCCN1. The van der Waals surface area contributed by atoms with E-state index in [1.807, 2.05) is 6.92 Å². The van der Waals surface area contributed by atoms with Gasteiger partial charge in [-0.3, -0.25) is 4.79 Å². The molecular weight excluding hydrogens is 156 g/mol. The molecule has 1 saturated heterocycles. The van der Waals surface area contributed by atoms with Crippen LogP contribution in [0.2, 0.25) is 0 Å². The zero-order valence-corrected chi connectivity index (χ0v) is 7.55. The van der Waals surface area contributed by atoms with Gasteiger partial charge in [0.05, 0.1) is 6.04 Å². The van der Waals surface area contributed by atoms with Crippen molar-refractivity contribution in [2.75, 3.05) is 13.2 Å². The Hall–Kier alpha value is -0.610. The molecule has 0 aromatic heterocycles. The average molecular weight is 174 g/mol. The molecule has 4 N–H and O–H groups in total. The van der Waals surface area contributed by atoms with Crippen LogP contribution in [0.4, 0.5) is 0 Å². The summed E-state index contributed by atoms with van der Waals surface area (Å²) in [6.45, 7) is 3.19. The summed E-state index contributed by atoms with van der Waals surface area (Å²) in [7, 11) is 0. The molecule has 12 heavy (non-hydrogen) atoms. The molecule has 0 aromatic rings. The van der Waals surface area contributed by atoms with E-state index in [1.54, 1.807) is 0 Å². The molecule has 0 aliphatic carbocycles. The first kappa shape index (κ1) is 11.4. The maximum atomic E-state index is 10.4. The minimum atomic E-state index is -0.220. The van der Waals surface area contributed by atoms with E-state index in [1.165, 1.54) is 0 Å². The number of carbonyl (C=O) groups is 1. The van der Waals surface area contributed by atoms with Crippen molar-refractivity contribution in [1.29, 1.82) is 0 Å². The molecule has 0 radical (unpaired) electrons. The number of aliphatic hydroxyl groups is 1. The largest absolute Gasteiger partial charge is 0.396 e. The van der Waals surface area contributed by atoms with Gasteiger partial charge in [-0.05, 0) is 25.8 Å². The molecule has 1 fully saturated rings. The van der Waals surface area contributed by atoms with Gasteiger partial charge in [0.1, 0.15) is 0 Å². The Morgan fingerprint density at radius 2 is 2.33 bits per heavy atom. The van der Waals surface area contributed by atoms with Crippen LogP contribution in [0.3, 0.4) is 0 Å². The van der Waals surface area contributed by atoms with E-state index in [0.29, 0.717) is 6.61 Å². The number of amides is 1. The molecule has 1 rings (SSSR count). The summed E-state index contributed by atoms with van der Waals surface area (Å²) in [6.07, 6.45) is 2.86. The van der Waals surface area contributed by atoms with Gasteiger partial charge in [-0.1, -0.05) is 6.92 Å². The maximum Gasteiger partial charge on any atom is 0.234 e. The van der Waals surface area contributed by atoms with Gasteiger partial charge >= 0.3 is 0 Å². The van der Waals surface area contributed by atoms with Crippen LogP contribution in [-0.2, 0) is 4.79 Å². The summed E-state index contributed by atoms with van der Waals surface area (Å²) in [5.74, 6) is -0.220. The van der Waals surface area contributed by atoms with E-state index in [-0.39, 0.29) is 11.9 Å². The third-order valence-corrected chi connectivity index (χ3v) is 1.63. The zero-order chi connectivity index (χ0) is 9.40. The first-order valence-corrected chi connectivity index (χ1v) is 4.36. The number of primary amides is 1. The monoisotopic (exact) mass is 174 g/mol. The number of hydrogen-bond acceptors (Lipinski definition) is 3. The fourth-order valence-electron chi connectivity index (χ4n) is 0.927. The Labute approximate surface area is 73.1 Å². The summed E-state index contributed by atoms with van der Waals surface area (Å²) < 4.78 is 0. The Kier molecular flexibility index (Phi) is 6.70. The van der Waals surface area contributed by atoms with Crippen molar-refractivity contribution in [3.8, 4) is 0 Å². The first-order chi connectivity index (χ1) is 5.72. The molecule has 4 nitrogen and oxygen atoms in total. The smallest absolute Gasteiger partial charge is 0.234 e. The average Bonchev–Trinajstić information content (AvgIpc) is 2.57. The molecule has 72 valence electrons. The van der Waals surface area contributed by atoms with Gasteiger partial charge < -0.3 is 16.2 Å². The second-order valence-corrected chi connectivity index (χ2v) is 2.77. The van der Waals surface area contributed by atoms with Crippen molar-refractivity contribution >= 4 is 5.91 Å². The standard InChI is InChI=1S/C5H10N2O.C3H8O/c6-5(8)4-2-1-3-7-4;1-2-3-4/h4,7H,1-3H2,(H2,6,8);4H,2-3H2,1H3/t4-;/m0./s1. The van der Waals surface area contributed by atoms with Gasteiger partial charge in [0.15, 0.2) is 0 Å². The number of aliphatic hydroxyl groups excluding tert-OH is 1. The molecule has 1 aliphatic heterocycles. The van der Waals surface area contributed by atoms with Gasteiger partial charge in [0.25, 0.3) is 0 Å². The Balaban J connectivity index is 0.000000261. The van der Waals surface area contributed by atoms with Crippen LogP contribution < -0.4 is 11.1 Å². The summed E-state index contributed by atoms with van der Waals surface area (Å²) in [6, 6.07) is -0.0463. The fraction of sp³-hybridized carbons (Fsp3) is 0.875. The van der Waals surface area contributed by atoms with Gasteiger partial charge in [-0.2, -0.15) is 0 Å². The zero-order valence-electron chi connectivity index (χ0n) is 7.55. The van der Waals surface area contributed by atoms with Crippen molar-refractivity contribution in [2.24, 2.45) is 5.73 Å². The summed E-state index contributed by atoms with van der Waals surface area (Å²) in [5, 5.41) is 10.9. The lowest BCUT2D eigenvalue weighted by Crippen LogP contribution is -2.36. The van der Waals surface area contributed by atoms with E-state index in [2.05, 4.69) is 5.32 Å². The predicted molar refractivity (Wildman–Crippen MR) is 47.6 cm³/mol. The van der Waals surface area contributed by atoms with E-state index in [9.17, 15) is 4.79 Å². The molecule has 4 heteroatoms. The highest BCUT2D eigenvalue weighted by molar-refractivity contribution is 5.80. The van der Waals surface area contributed by atoms with Gasteiger partial charge in [-0.25, -0.2) is 0 Å². The van der Waals surface area contributed by atoms with Crippen LogP contribution in [0.15, 0.2) is 0 Å². The molecule has 0 spiro atoms. The summed E-state index contributed by atoms with van der Waals surface area (Å²) in [4.78, 5) is 10.4. The molecule has 0 bridgehead atoms.